The van der Waals surface area contributed by atoms with E-state index in [1.165, 1.54) is 18.2 Å². The molecule has 0 aliphatic rings. The van der Waals surface area contributed by atoms with Crippen molar-refractivity contribution in [3.63, 3.8) is 0 Å². The zero-order valence-electron chi connectivity index (χ0n) is 9.16. The van der Waals surface area contributed by atoms with Gasteiger partial charge in [0.05, 0.1) is 5.56 Å². The summed E-state index contributed by atoms with van der Waals surface area (Å²) in [6, 6.07) is 3.95. The van der Waals surface area contributed by atoms with Crippen LogP contribution in [0.2, 0.25) is 0 Å². The van der Waals surface area contributed by atoms with E-state index in [1.54, 1.807) is 0 Å². The topological polar surface area (TPSA) is 101 Å². The Labute approximate surface area is 101 Å². The van der Waals surface area contributed by atoms with Crippen LogP contribution in [0.3, 0.4) is 0 Å². The highest BCUT2D eigenvalue weighted by molar-refractivity contribution is 5.99. The maximum Gasteiger partial charge on any atom is 0.416 e. The third-order valence-electron chi connectivity index (χ3n) is 2.17. The molecule has 1 aromatic carbocycles. The Morgan fingerprint density at radius 1 is 1.44 bits per heavy atom. The van der Waals surface area contributed by atoms with Crippen LogP contribution in [-0.2, 0) is 0 Å². The smallest absolute Gasteiger partial charge is 0.399 e. The van der Waals surface area contributed by atoms with Crippen LogP contribution in [0.15, 0.2) is 18.2 Å². The fourth-order valence-electron chi connectivity index (χ4n) is 1.25. The number of carbonyl (C=O) groups excluding carboxylic acids is 1. The van der Waals surface area contributed by atoms with Crippen molar-refractivity contribution in [1.29, 1.82) is 0 Å². The molecule has 1 rings (SSSR count). The van der Waals surface area contributed by atoms with Crippen molar-refractivity contribution in [1.82, 2.24) is 0 Å². The second-order valence-electron chi connectivity index (χ2n) is 3.61. The quantitative estimate of drug-likeness (QED) is 0.601. The number of anilines is 2. The fraction of sp³-hybridized carbons (Fsp3) is 0.300. The van der Waals surface area contributed by atoms with Crippen LogP contribution in [0.1, 0.15) is 10.4 Å². The van der Waals surface area contributed by atoms with Crippen LogP contribution in [0.5, 0.6) is 0 Å². The predicted octanol–water partition coefficient (Wildman–Crippen LogP) is 0.703. The number of rotatable bonds is 4. The van der Waals surface area contributed by atoms with Gasteiger partial charge in [-0.3, -0.25) is 4.79 Å². The first-order valence-electron chi connectivity index (χ1n) is 4.90. The molecule has 1 unspecified atom stereocenters. The van der Waals surface area contributed by atoms with Crippen LogP contribution in [0.25, 0.3) is 0 Å². The third kappa shape index (κ3) is 3.52. The molecule has 0 radical (unpaired) electrons. The van der Waals surface area contributed by atoms with E-state index in [2.05, 4.69) is 5.32 Å². The van der Waals surface area contributed by atoms with Gasteiger partial charge in [-0.1, -0.05) is 0 Å². The number of carbonyl (C=O) groups is 1. The lowest BCUT2D eigenvalue weighted by atomic mass is 10.1. The summed E-state index contributed by atoms with van der Waals surface area (Å²) in [7, 11) is 0. The maximum absolute atomic E-state index is 12.1. The van der Waals surface area contributed by atoms with Gasteiger partial charge in [0, 0.05) is 17.9 Å². The van der Waals surface area contributed by atoms with E-state index in [9.17, 15) is 18.0 Å². The summed E-state index contributed by atoms with van der Waals surface area (Å²) < 4.78 is 36.3. The van der Waals surface area contributed by atoms with Gasteiger partial charge in [-0.25, -0.2) is 0 Å². The molecule has 0 heterocycles. The fourth-order valence-corrected chi connectivity index (χ4v) is 1.25. The lowest BCUT2D eigenvalue weighted by Crippen LogP contribution is -2.35. The average molecular weight is 263 g/mol. The number of aliphatic hydroxyl groups excluding tert-OH is 1. The molecule has 0 aliphatic carbocycles. The predicted molar refractivity (Wildman–Crippen MR) is 59.9 cm³/mol. The van der Waals surface area contributed by atoms with Crippen molar-refractivity contribution in [3.8, 4) is 0 Å². The van der Waals surface area contributed by atoms with Crippen LogP contribution in [0, 0.1) is 0 Å². The molecule has 1 amide bonds. The largest absolute Gasteiger partial charge is 0.416 e. The molecular formula is C10H12F3N3O2. The minimum absolute atomic E-state index is 0.00132. The van der Waals surface area contributed by atoms with Crippen molar-refractivity contribution in [3.05, 3.63) is 23.8 Å². The van der Waals surface area contributed by atoms with Gasteiger partial charge in [-0.2, -0.15) is 13.2 Å². The van der Waals surface area contributed by atoms with E-state index in [-0.39, 0.29) is 16.9 Å². The van der Waals surface area contributed by atoms with Gasteiger partial charge in [0.1, 0.15) is 0 Å². The number of benzene rings is 1. The number of nitrogens with two attached hydrogens (primary N) is 2. The number of aliphatic hydroxyl groups is 1. The molecule has 100 valence electrons. The van der Waals surface area contributed by atoms with Gasteiger partial charge < -0.3 is 21.9 Å². The summed E-state index contributed by atoms with van der Waals surface area (Å²) in [6.07, 6.45) is -7.28. The third-order valence-corrected chi connectivity index (χ3v) is 2.17. The molecule has 0 bridgehead atoms. The van der Waals surface area contributed by atoms with Gasteiger partial charge in [0.25, 0.3) is 5.91 Å². The van der Waals surface area contributed by atoms with Gasteiger partial charge in [0.15, 0.2) is 6.10 Å². The number of halogens is 3. The zero-order valence-corrected chi connectivity index (χ0v) is 9.16. The molecule has 5 nitrogen and oxygen atoms in total. The Hall–Kier alpha value is -1.96. The van der Waals surface area contributed by atoms with Crippen molar-refractivity contribution >= 4 is 17.3 Å². The van der Waals surface area contributed by atoms with Gasteiger partial charge in [-0.05, 0) is 18.2 Å². The van der Waals surface area contributed by atoms with E-state index >= 15 is 0 Å². The summed E-state index contributed by atoms with van der Waals surface area (Å²) >= 11 is 0. The van der Waals surface area contributed by atoms with Crippen LogP contribution >= 0.6 is 0 Å². The zero-order chi connectivity index (χ0) is 13.9. The lowest BCUT2D eigenvalue weighted by Gasteiger charge is -2.17. The number of primary amides is 1. The minimum atomic E-state index is -4.74. The standard InChI is InChI=1S/C10H12F3N3O2/c11-10(12,13)8(17)4-16-7-3-5(14)1-2-6(7)9(15)18/h1-3,8,16-17H,4,14H2,(H2,15,18). The number of nitrogen functional groups attached to an aromatic ring is 1. The van der Waals surface area contributed by atoms with Gasteiger partial charge in [0.2, 0.25) is 0 Å². The lowest BCUT2D eigenvalue weighted by molar-refractivity contribution is -0.198. The normalized spacial score (nSPS) is 13.1. The summed E-state index contributed by atoms with van der Waals surface area (Å²) in [6.45, 7) is -0.798. The van der Waals surface area contributed by atoms with Crippen molar-refractivity contribution in [2.75, 3.05) is 17.6 Å². The molecule has 0 fully saturated rings. The molecular weight excluding hydrogens is 251 g/mol. The van der Waals surface area contributed by atoms with Crippen LogP contribution in [-0.4, -0.2) is 29.8 Å². The Balaban J connectivity index is 2.84. The second kappa shape index (κ2) is 5.13. The molecule has 0 spiro atoms. The number of hydrogen-bond acceptors (Lipinski definition) is 4. The Bertz CT molecular complexity index is 448. The number of hydrogen-bond donors (Lipinski definition) is 4. The molecule has 1 atom stereocenters. The van der Waals surface area contributed by atoms with Gasteiger partial charge >= 0.3 is 6.18 Å². The SMILES string of the molecule is NC(=O)c1ccc(N)cc1NCC(O)C(F)(F)F. The van der Waals surface area contributed by atoms with Crippen molar-refractivity contribution in [2.24, 2.45) is 5.73 Å². The summed E-state index contributed by atoms with van der Waals surface area (Å²) in [5.41, 5.74) is 10.8. The highest BCUT2D eigenvalue weighted by Gasteiger charge is 2.37. The van der Waals surface area contributed by atoms with E-state index in [0.29, 0.717) is 0 Å². The highest BCUT2D eigenvalue weighted by Crippen LogP contribution is 2.22. The molecule has 0 saturated carbocycles. The van der Waals surface area contributed by atoms with E-state index < -0.39 is 24.7 Å². The van der Waals surface area contributed by atoms with E-state index in [0.717, 1.165) is 0 Å². The van der Waals surface area contributed by atoms with Crippen LogP contribution in [0.4, 0.5) is 24.5 Å². The summed E-state index contributed by atoms with van der Waals surface area (Å²) in [4.78, 5) is 11.0. The molecule has 0 aliphatic heterocycles. The minimum Gasteiger partial charge on any atom is -0.399 e. The first-order valence-corrected chi connectivity index (χ1v) is 4.90. The molecule has 18 heavy (non-hydrogen) atoms. The summed E-state index contributed by atoms with van der Waals surface area (Å²) in [5.74, 6) is -0.806. The molecule has 6 N–H and O–H groups in total. The number of alkyl halides is 3. The average Bonchev–Trinajstić information content (AvgIpc) is 2.24. The molecule has 1 aromatic rings. The Morgan fingerprint density at radius 2 is 2.06 bits per heavy atom. The Morgan fingerprint density at radius 3 is 2.56 bits per heavy atom. The van der Waals surface area contributed by atoms with Crippen molar-refractivity contribution < 1.29 is 23.1 Å². The Kier molecular flexibility index (Phi) is 4.02. The monoisotopic (exact) mass is 263 g/mol. The number of amides is 1. The molecule has 0 saturated heterocycles. The molecule has 8 heteroatoms. The van der Waals surface area contributed by atoms with Crippen molar-refractivity contribution in [2.45, 2.75) is 12.3 Å². The van der Waals surface area contributed by atoms with Crippen LogP contribution < -0.4 is 16.8 Å². The summed E-state index contributed by atoms with van der Waals surface area (Å²) in [5, 5.41) is 11.1. The second-order valence-corrected chi connectivity index (χ2v) is 3.61. The maximum atomic E-state index is 12.1. The first kappa shape index (κ1) is 14.1. The molecule has 0 aromatic heterocycles. The van der Waals surface area contributed by atoms with E-state index in [4.69, 9.17) is 16.6 Å². The number of nitrogens with one attached hydrogen (secondary N) is 1. The first-order chi connectivity index (χ1) is 8.21. The highest BCUT2D eigenvalue weighted by atomic mass is 19.4. The van der Waals surface area contributed by atoms with E-state index in [1.807, 2.05) is 0 Å². The van der Waals surface area contributed by atoms with Gasteiger partial charge in [-0.15, -0.1) is 0 Å².